The molecule has 0 fully saturated rings. The standard InChI is InChI=1S/C17H15ClFNO5S/c18-12-4-6-15(7-5-12)26(23,24)9-8-17(22)25-11-16(21)20-14-3-1-2-13(19)10-14/h1-7,10H,8-9,11H2,(H,20,21). The molecule has 0 saturated heterocycles. The van der Waals surface area contributed by atoms with Crippen molar-refractivity contribution < 1.29 is 27.1 Å². The zero-order valence-corrected chi connectivity index (χ0v) is 15.0. The molecular formula is C17H15ClFNO5S. The zero-order chi connectivity index (χ0) is 19.2. The molecule has 138 valence electrons. The SMILES string of the molecule is O=C(COC(=O)CCS(=O)(=O)c1ccc(Cl)cc1)Nc1cccc(F)c1. The van der Waals surface area contributed by atoms with Crippen molar-refractivity contribution in [2.45, 2.75) is 11.3 Å². The number of nitrogens with one attached hydrogen (secondary N) is 1. The molecule has 0 unspecified atom stereocenters. The fourth-order valence-corrected chi connectivity index (χ4v) is 3.31. The van der Waals surface area contributed by atoms with Crippen molar-refractivity contribution in [3.8, 4) is 0 Å². The van der Waals surface area contributed by atoms with Crippen LogP contribution in [0.2, 0.25) is 5.02 Å². The summed E-state index contributed by atoms with van der Waals surface area (Å²) in [4.78, 5) is 23.3. The molecule has 26 heavy (non-hydrogen) atoms. The fraction of sp³-hybridized carbons (Fsp3) is 0.176. The summed E-state index contributed by atoms with van der Waals surface area (Å²) in [5, 5.41) is 2.75. The van der Waals surface area contributed by atoms with Gasteiger partial charge in [0.05, 0.1) is 17.1 Å². The quantitative estimate of drug-likeness (QED) is 0.723. The van der Waals surface area contributed by atoms with Crippen LogP contribution in [0.4, 0.5) is 10.1 Å². The Hall–Kier alpha value is -2.45. The maximum atomic E-state index is 13.0. The van der Waals surface area contributed by atoms with E-state index in [-0.39, 0.29) is 10.6 Å². The van der Waals surface area contributed by atoms with E-state index < -0.39 is 46.3 Å². The van der Waals surface area contributed by atoms with Gasteiger partial charge < -0.3 is 10.1 Å². The van der Waals surface area contributed by atoms with Crippen LogP contribution in [0, 0.1) is 5.82 Å². The van der Waals surface area contributed by atoms with Crippen molar-refractivity contribution in [2.75, 3.05) is 17.7 Å². The van der Waals surface area contributed by atoms with Gasteiger partial charge in [-0.25, -0.2) is 12.8 Å². The highest BCUT2D eigenvalue weighted by atomic mass is 35.5. The normalized spacial score (nSPS) is 11.0. The lowest BCUT2D eigenvalue weighted by molar-refractivity contribution is -0.146. The minimum Gasteiger partial charge on any atom is -0.456 e. The third-order valence-corrected chi connectivity index (χ3v) is 5.20. The minimum absolute atomic E-state index is 0.0403. The Morgan fingerprint density at radius 1 is 1.12 bits per heavy atom. The molecule has 0 aliphatic rings. The minimum atomic E-state index is -3.67. The first-order valence-electron chi connectivity index (χ1n) is 7.45. The van der Waals surface area contributed by atoms with E-state index in [0.717, 1.165) is 6.07 Å². The van der Waals surface area contributed by atoms with Crippen LogP contribution in [0.5, 0.6) is 0 Å². The average molecular weight is 400 g/mol. The Bertz CT molecular complexity index is 900. The summed E-state index contributed by atoms with van der Waals surface area (Å²) in [6, 6.07) is 10.8. The van der Waals surface area contributed by atoms with Crippen molar-refractivity contribution in [3.05, 3.63) is 59.4 Å². The maximum absolute atomic E-state index is 13.0. The highest BCUT2D eigenvalue weighted by Crippen LogP contribution is 2.16. The second kappa shape index (κ2) is 8.77. The van der Waals surface area contributed by atoms with Gasteiger partial charge in [0.15, 0.2) is 16.4 Å². The number of anilines is 1. The molecule has 2 aromatic carbocycles. The summed E-state index contributed by atoms with van der Waals surface area (Å²) < 4.78 is 41.9. The molecule has 0 aliphatic heterocycles. The largest absolute Gasteiger partial charge is 0.456 e. The topological polar surface area (TPSA) is 89.5 Å². The molecule has 2 rings (SSSR count). The molecule has 9 heteroatoms. The summed E-state index contributed by atoms with van der Waals surface area (Å²) >= 11 is 5.70. The molecule has 0 spiro atoms. The van der Waals surface area contributed by atoms with Crippen LogP contribution in [-0.2, 0) is 24.2 Å². The van der Waals surface area contributed by atoms with E-state index in [2.05, 4.69) is 5.32 Å². The fourth-order valence-electron chi connectivity index (χ4n) is 1.96. The van der Waals surface area contributed by atoms with Crippen molar-refractivity contribution >= 4 is 39.0 Å². The van der Waals surface area contributed by atoms with Gasteiger partial charge in [-0.15, -0.1) is 0 Å². The number of halogens is 2. The van der Waals surface area contributed by atoms with Gasteiger partial charge in [0.1, 0.15) is 5.82 Å². The van der Waals surface area contributed by atoms with Crippen LogP contribution in [0.1, 0.15) is 6.42 Å². The number of benzene rings is 2. The van der Waals surface area contributed by atoms with Crippen LogP contribution < -0.4 is 5.32 Å². The molecule has 0 bridgehead atoms. The Morgan fingerprint density at radius 3 is 2.46 bits per heavy atom. The predicted octanol–water partition coefficient (Wildman–Crippen LogP) is 2.82. The number of hydrogen-bond acceptors (Lipinski definition) is 5. The monoisotopic (exact) mass is 399 g/mol. The van der Waals surface area contributed by atoms with Crippen molar-refractivity contribution in [2.24, 2.45) is 0 Å². The average Bonchev–Trinajstić information content (AvgIpc) is 2.59. The van der Waals surface area contributed by atoms with Crippen molar-refractivity contribution in [1.82, 2.24) is 0 Å². The van der Waals surface area contributed by atoms with Gasteiger partial charge >= 0.3 is 5.97 Å². The number of rotatable bonds is 7. The molecule has 0 saturated carbocycles. The number of amides is 1. The Morgan fingerprint density at radius 2 is 1.81 bits per heavy atom. The second-order valence-corrected chi connectivity index (χ2v) is 7.79. The summed E-state index contributed by atoms with van der Waals surface area (Å²) in [5.74, 6) is -2.48. The van der Waals surface area contributed by atoms with Gasteiger partial charge in [0.25, 0.3) is 5.91 Å². The van der Waals surface area contributed by atoms with Crippen LogP contribution in [0.15, 0.2) is 53.4 Å². The lowest BCUT2D eigenvalue weighted by atomic mass is 10.3. The van der Waals surface area contributed by atoms with Gasteiger partial charge in [-0.1, -0.05) is 17.7 Å². The number of hydrogen-bond donors (Lipinski definition) is 1. The molecule has 0 atom stereocenters. The van der Waals surface area contributed by atoms with Crippen molar-refractivity contribution in [3.63, 3.8) is 0 Å². The first-order chi connectivity index (χ1) is 12.3. The molecular weight excluding hydrogens is 385 g/mol. The van der Waals surface area contributed by atoms with Crippen molar-refractivity contribution in [1.29, 1.82) is 0 Å². The molecule has 1 N–H and O–H groups in total. The molecule has 0 radical (unpaired) electrons. The summed E-state index contributed by atoms with van der Waals surface area (Å²) in [6.45, 7) is -0.601. The summed E-state index contributed by atoms with van der Waals surface area (Å²) in [6.07, 6.45) is -0.405. The van der Waals surface area contributed by atoms with E-state index in [1.807, 2.05) is 0 Å². The molecule has 0 aromatic heterocycles. The maximum Gasteiger partial charge on any atom is 0.307 e. The first-order valence-corrected chi connectivity index (χ1v) is 9.49. The van der Waals surface area contributed by atoms with Gasteiger partial charge in [-0.2, -0.15) is 0 Å². The molecule has 1 amide bonds. The van der Waals surface area contributed by atoms with E-state index in [0.29, 0.717) is 5.02 Å². The Balaban J connectivity index is 1.79. The number of sulfone groups is 1. The van der Waals surface area contributed by atoms with Crippen LogP contribution in [0.3, 0.4) is 0 Å². The first kappa shape index (κ1) is 19.9. The Kier molecular flexibility index (Phi) is 6.70. The number of esters is 1. The van der Waals surface area contributed by atoms with Crippen LogP contribution >= 0.6 is 11.6 Å². The smallest absolute Gasteiger partial charge is 0.307 e. The predicted molar refractivity (Wildman–Crippen MR) is 94.1 cm³/mol. The molecule has 0 aliphatic carbocycles. The van der Waals surface area contributed by atoms with E-state index in [1.165, 1.54) is 42.5 Å². The van der Waals surface area contributed by atoms with E-state index in [1.54, 1.807) is 0 Å². The number of carbonyl (C=O) groups is 2. The highest BCUT2D eigenvalue weighted by Gasteiger charge is 2.17. The third kappa shape index (κ3) is 6.12. The highest BCUT2D eigenvalue weighted by molar-refractivity contribution is 7.91. The number of ether oxygens (including phenoxy) is 1. The lowest BCUT2D eigenvalue weighted by Crippen LogP contribution is -2.22. The number of carbonyl (C=O) groups excluding carboxylic acids is 2. The Labute approximate surface area is 154 Å². The zero-order valence-electron chi connectivity index (χ0n) is 13.4. The molecule has 0 heterocycles. The van der Waals surface area contributed by atoms with Crippen LogP contribution in [0.25, 0.3) is 0 Å². The van der Waals surface area contributed by atoms with E-state index >= 15 is 0 Å². The molecule has 6 nitrogen and oxygen atoms in total. The van der Waals surface area contributed by atoms with Gasteiger partial charge in [0, 0.05) is 10.7 Å². The molecule has 2 aromatic rings. The van der Waals surface area contributed by atoms with Crippen LogP contribution in [-0.4, -0.2) is 32.7 Å². The third-order valence-electron chi connectivity index (χ3n) is 3.22. The lowest BCUT2D eigenvalue weighted by Gasteiger charge is -2.07. The van der Waals surface area contributed by atoms with E-state index in [4.69, 9.17) is 16.3 Å². The van der Waals surface area contributed by atoms with Gasteiger partial charge in [-0.05, 0) is 42.5 Å². The summed E-state index contributed by atoms with van der Waals surface area (Å²) in [5.41, 5.74) is 0.219. The van der Waals surface area contributed by atoms with Gasteiger partial charge in [-0.3, -0.25) is 9.59 Å². The van der Waals surface area contributed by atoms with Gasteiger partial charge in [0.2, 0.25) is 0 Å². The summed E-state index contributed by atoms with van der Waals surface area (Å²) in [7, 11) is -3.67. The van der Waals surface area contributed by atoms with E-state index in [9.17, 15) is 22.4 Å². The second-order valence-electron chi connectivity index (χ2n) is 5.24.